The summed E-state index contributed by atoms with van der Waals surface area (Å²) in [5.41, 5.74) is -0.437. The number of thiazole rings is 1. The van der Waals surface area contributed by atoms with Crippen molar-refractivity contribution in [3.63, 3.8) is 0 Å². The first-order chi connectivity index (χ1) is 12.4. The average Bonchev–Trinajstić information content (AvgIpc) is 3.10. The Bertz CT molecular complexity index is 809. The fourth-order valence-corrected chi connectivity index (χ4v) is 2.76. The molecule has 0 radical (unpaired) electrons. The van der Waals surface area contributed by atoms with E-state index in [-0.39, 0.29) is 6.54 Å². The summed E-state index contributed by atoms with van der Waals surface area (Å²) in [6, 6.07) is 1.69. The number of hydrogen-bond donors (Lipinski definition) is 3. The maximum Gasteiger partial charge on any atom is 0.243 e. The zero-order valence-electron chi connectivity index (χ0n) is 14.2. The van der Waals surface area contributed by atoms with Gasteiger partial charge in [-0.3, -0.25) is 9.79 Å². The number of hydrogen-bond acceptors (Lipinski definition) is 4. The van der Waals surface area contributed by atoms with Crippen LogP contribution >= 0.6 is 11.3 Å². The van der Waals surface area contributed by atoms with Crippen LogP contribution in [0.25, 0.3) is 0 Å². The van der Waals surface area contributed by atoms with E-state index in [1.165, 1.54) is 7.05 Å². The molecule has 0 aliphatic carbocycles. The van der Waals surface area contributed by atoms with Crippen LogP contribution in [-0.2, 0) is 17.8 Å². The number of aryl methyl sites for hydroxylation is 1. The van der Waals surface area contributed by atoms with Crippen LogP contribution in [0, 0.1) is 17.5 Å². The lowest BCUT2D eigenvalue weighted by molar-refractivity contribution is -0.115. The molecule has 10 heteroatoms. The molecule has 2 rings (SSSR count). The van der Waals surface area contributed by atoms with Crippen LogP contribution in [0.3, 0.4) is 0 Å². The van der Waals surface area contributed by atoms with Crippen molar-refractivity contribution >= 4 is 28.9 Å². The number of anilines is 1. The molecule has 26 heavy (non-hydrogen) atoms. The van der Waals surface area contributed by atoms with E-state index in [4.69, 9.17) is 0 Å². The highest BCUT2D eigenvalue weighted by Crippen LogP contribution is 2.19. The summed E-state index contributed by atoms with van der Waals surface area (Å²) in [6.07, 6.45) is 2.72. The third-order valence-electron chi connectivity index (χ3n) is 3.31. The Balaban J connectivity index is 1.84. The molecule has 0 aliphatic rings. The van der Waals surface area contributed by atoms with Gasteiger partial charge in [0.15, 0.2) is 23.4 Å². The van der Waals surface area contributed by atoms with Crippen molar-refractivity contribution in [3.05, 3.63) is 45.7 Å². The van der Waals surface area contributed by atoms with Gasteiger partial charge in [0.05, 0.1) is 18.8 Å². The Morgan fingerprint density at radius 3 is 2.65 bits per heavy atom. The van der Waals surface area contributed by atoms with Crippen LogP contribution in [-0.4, -0.2) is 30.4 Å². The molecular weight excluding hydrogens is 367 g/mol. The number of benzene rings is 1. The molecule has 1 heterocycles. The topological polar surface area (TPSA) is 78.4 Å². The molecule has 1 amide bonds. The Kier molecular flexibility index (Phi) is 6.96. The molecule has 0 bridgehead atoms. The van der Waals surface area contributed by atoms with Gasteiger partial charge >= 0.3 is 0 Å². The summed E-state index contributed by atoms with van der Waals surface area (Å²) in [7, 11) is 1.53. The molecule has 2 aromatic rings. The minimum atomic E-state index is -1.64. The van der Waals surface area contributed by atoms with Crippen molar-refractivity contribution in [1.82, 2.24) is 15.6 Å². The van der Waals surface area contributed by atoms with Gasteiger partial charge in [0.25, 0.3) is 0 Å². The molecular formula is C16H18F3N5OS. The summed E-state index contributed by atoms with van der Waals surface area (Å²) in [6.45, 7) is 2.24. The molecule has 0 aliphatic heterocycles. The van der Waals surface area contributed by atoms with Crippen molar-refractivity contribution in [1.29, 1.82) is 0 Å². The lowest BCUT2D eigenvalue weighted by Gasteiger charge is -2.11. The van der Waals surface area contributed by atoms with Crippen molar-refractivity contribution in [2.24, 2.45) is 4.99 Å². The summed E-state index contributed by atoms with van der Waals surface area (Å²) in [4.78, 5) is 21.2. The first-order valence-electron chi connectivity index (χ1n) is 7.76. The van der Waals surface area contributed by atoms with E-state index in [1.54, 1.807) is 11.3 Å². The van der Waals surface area contributed by atoms with Crippen LogP contribution in [0.15, 0.2) is 23.3 Å². The number of carbonyl (C=O) groups is 1. The Labute approximate surface area is 152 Å². The maximum absolute atomic E-state index is 13.5. The minimum absolute atomic E-state index is 0.240. The molecule has 1 aromatic heterocycles. The second-order valence-electron chi connectivity index (χ2n) is 5.12. The number of amides is 1. The van der Waals surface area contributed by atoms with E-state index in [1.807, 2.05) is 13.1 Å². The van der Waals surface area contributed by atoms with Gasteiger partial charge in [0.1, 0.15) is 5.01 Å². The van der Waals surface area contributed by atoms with Gasteiger partial charge in [-0.1, -0.05) is 6.92 Å². The number of aliphatic imine (C=N–C) groups is 1. The predicted octanol–water partition coefficient (Wildman–Crippen LogP) is 2.43. The van der Waals surface area contributed by atoms with Gasteiger partial charge in [-0.25, -0.2) is 18.2 Å². The molecule has 1 aromatic carbocycles. The number of rotatable bonds is 6. The number of aromatic nitrogens is 1. The molecule has 0 saturated heterocycles. The fourth-order valence-electron chi connectivity index (χ4n) is 1.95. The van der Waals surface area contributed by atoms with Crippen molar-refractivity contribution in [3.8, 4) is 0 Å². The van der Waals surface area contributed by atoms with E-state index in [9.17, 15) is 18.0 Å². The highest BCUT2D eigenvalue weighted by Gasteiger charge is 2.15. The highest BCUT2D eigenvalue weighted by molar-refractivity contribution is 7.11. The van der Waals surface area contributed by atoms with Gasteiger partial charge in [0.2, 0.25) is 5.91 Å². The summed E-state index contributed by atoms with van der Waals surface area (Å²) in [5.74, 6) is -4.70. The van der Waals surface area contributed by atoms with E-state index >= 15 is 0 Å². The smallest absolute Gasteiger partial charge is 0.243 e. The van der Waals surface area contributed by atoms with Crippen LogP contribution in [0.5, 0.6) is 0 Å². The minimum Gasteiger partial charge on any atom is -0.350 e. The third kappa shape index (κ3) is 5.19. The monoisotopic (exact) mass is 385 g/mol. The second kappa shape index (κ2) is 9.18. The van der Waals surface area contributed by atoms with Gasteiger partial charge in [-0.2, -0.15) is 0 Å². The highest BCUT2D eigenvalue weighted by atomic mass is 32.1. The lowest BCUT2D eigenvalue weighted by atomic mass is 10.2. The fraction of sp³-hybridized carbons (Fsp3) is 0.312. The Morgan fingerprint density at radius 2 is 2.00 bits per heavy atom. The normalized spacial score (nSPS) is 11.3. The van der Waals surface area contributed by atoms with E-state index < -0.39 is 29.0 Å². The predicted molar refractivity (Wildman–Crippen MR) is 94.6 cm³/mol. The number of nitrogens with one attached hydrogen (secondary N) is 3. The number of carbonyl (C=O) groups excluding carboxylic acids is 1. The van der Waals surface area contributed by atoms with E-state index in [2.05, 4.69) is 25.9 Å². The van der Waals surface area contributed by atoms with E-state index in [0.717, 1.165) is 28.4 Å². The third-order valence-corrected chi connectivity index (χ3v) is 4.45. The number of halogens is 3. The van der Waals surface area contributed by atoms with Crippen molar-refractivity contribution in [2.75, 3.05) is 18.9 Å². The molecule has 6 nitrogen and oxygen atoms in total. The molecule has 0 fully saturated rings. The molecule has 0 spiro atoms. The summed E-state index contributed by atoms with van der Waals surface area (Å²) >= 11 is 1.57. The second-order valence-corrected chi connectivity index (χ2v) is 6.32. The van der Waals surface area contributed by atoms with Crippen LogP contribution in [0.1, 0.15) is 16.8 Å². The zero-order valence-corrected chi connectivity index (χ0v) is 15.0. The van der Waals surface area contributed by atoms with Crippen molar-refractivity contribution in [2.45, 2.75) is 19.9 Å². The molecule has 0 saturated carbocycles. The van der Waals surface area contributed by atoms with Crippen LogP contribution < -0.4 is 16.0 Å². The quantitative estimate of drug-likeness (QED) is 0.405. The standard InChI is InChI=1S/C16H18F3N5OS/c1-3-9-6-21-13(26-9)8-23-16(20-2)22-7-12(25)24-11-5-4-10(17)14(18)15(11)19/h4-6H,3,7-8H2,1-2H3,(H,24,25)(H2,20,22,23). The molecule has 140 valence electrons. The number of nitrogens with zero attached hydrogens (tertiary/aromatic N) is 2. The zero-order chi connectivity index (χ0) is 19.1. The lowest BCUT2D eigenvalue weighted by Crippen LogP contribution is -2.41. The maximum atomic E-state index is 13.5. The summed E-state index contributed by atoms with van der Waals surface area (Å²) < 4.78 is 39.6. The summed E-state index contributed by atoms with van der Waals surface area (Å²) in [5, 5.41) is 8.77. The molecule has 3 N–H and O–H groups in total. The van der Waals surface area contributed by atoms with Crippen LogP contribution in [0.2, 0.25) is 0 Å². The van der Waals surface area contributed by atoms with Gasteiger partial charge in [-0.05, 0) is 18.6 Å². The van der Waals surface area contributed by atoms with Crippen LogP contribution in [0.4, 0.5) is 18.9 Å². The first-order valence-corrected chi connectivity index (χ1v) is 8.57. The number of guanidine groups is 1. The van der Waals surface area contributed by atoms with Crippen molar-refractivity contribution < 1.29 is 18.0 Å². The largest absolute Gasteiger partial charge is 0.350 e. The van der Waals surface area contributed by atoms with Gasteiger partial charge < -0.3 is 16.0 Å². The molecule has 0 unspecified atom stereocenters. The van der Waals surface area contributed by atoms with Gasteiger partial charge in [-0.15, -0.1) is 11.3 Å². The Hall–Kier alpha value is -2.62. The van der Waals surface area contributed by atoms with Gasteiger partial charge in [0, 0.05) is 18.1 Å². The van der Waals surface area contributed by atoms with E-state index in [0.29, 0.717) is 12.5 Å². The SMILES string of the molecule is CCc1cnc(CNC(=NC)NCC(=O)Nc2ccc(F)c(F)c2F)s1. The first kappa shape index (κ1) is 19.7. The Morgan fingerprint density at radius 1 is 1.23 bits per heavy atom. The average molecular weight is 385 g/mol. The molecule has 0 atom stereocenters.